The fourth-order valence-electron chi connectivity index (χ4n) is 2.88. The number of imide groups is 1. The van der Waals surface area contributed by atoms with Crippen molar-refractivity contribution in [2.75, 3.05) is 13.2 Å². The highest BCUT2D eigenvalue weighted by atomic mass is 32.2. The third-order valence-corrected chi connectivity index (χ3v) is 5.30. The topological polar surface area (TPSA) is 103 Å². The van der Waals surface area contributed by atoms with Crippen LogP contribution in [0.15, 0.2) is 45.7 Å². The van der Waals surface area contributed by atoms with Crippen LogP contribution in [0.4, 0.5) is 4.79 Å². The quantitative estimate of drug-likeness (QED) is 0.465. The van der Waals surface area contributed by atoms with Gasteiger partial charge in [-0.25, -0.2) is 9.59 Å². The number of furan rings is 1. The molecule has 1 aliphatic heterocycles. The second kappa shape index (κ2) is 9.65. The fourth-order valence-corrected chi connectivity index (χ4v) is 3.77. The van der Waals surface area contributed by atoms with E-state index in [4.69, 9.17) is 13.9 Å². The van der Waals surface area contributed by atoms with Crippen molar-refractivity contribution >= 4 is 40.9 Å². The number of thioether (sulfide) groups is 1. The molecule has 2 amide bonds. The highest BCUT2D eigenvalue weighted by Crippen LogP contribution is 2.34. The van der Waals surface area contributed by atoms with Crippen LogP contribution in [0.1, 0.15) is 36.9 Å². The Balaban J connectivity index is 1.76. The predicted octanol–water partition coefficient (Wildman–Crippen LogP) is 4.11. The van der Waals surface area contributed by atoms with Crippen molar-refractivity contribution in [3.63, 3.8) is 0 Å². The first kappa shape index (κ1) is 22.4. The number of hydrogen-bond donors (Lipinski definition) is 0. The van der Waals surface area contributed by atoms with E-state index in [1.165, 1.54) is 13.0 Å². The molecule has 0 radical (unpaired) electrons. The van der Waals surface area contributed by atoms with Gasteiger partial charge in [0, 0.05) is 11.6 Å². The van der Waals surface area contributed by atoms with Crippen molar-refractivity contribution in [1.82, 2.24) is 4.90 Å². The van der Waals surface area contributed by atoms with Crippen LogP contribution in [0.5, 0.6) is 0 Å². The molecule has 3 rings (SSSR count). The molecule has 0 aliphatic carbocycles. The van der Waals surface area contributed by atoms with Gasteiger partial charge >= 0.3 is 11.9 Å². The van der Waals surface area contributed by atoms with Crippen molar-refractivity contribution in [3.8, 4) is 11.3 Å². The summed E-state index contributed by atoms with van der Waals surface area (Å²) in [7, 11) is 0. The molecule has 1 fully saturated rings. The number of carbonyl (C=O) groups is 4. The zero-order valence-electron chi connectivity index (χ0n) is 17.2. The van der Waals surface area contributed by atoms with Gasteiger partial charge in [0.15, 0.2) is 0 Å². The van der Waals surface area contributed by atoms with E-state index in [0.717, 1.165) is 22.2 Å². The Bertz CT molecular complexity index is 1040. The average molecular weight is 443 g/mol. The molecule has 162 valence electrons. The second-order valence-electron chi connectivity index (χ2n) is 6.48. The summed E-state index contributed by atoms with van der Waals surface area (Å²) in [5.74, 6) is -0.716. The molecule has 8 nitrogen and oxygen atoms in total. The maximum absolute atomic E-state index is 12.6. The van der Waals surface area contributed by atoms with E-state index in [9.17, 15) is 19.2 Å². The van der Waals surface area contributed by atoms with Crippen LogP contribution in [0.3, 0.4) is 0 Å². The predicted molar refractivity (Wildman–Crippen MR) is 114 cm³/mol. The summed E-state index contributed by atoms with van der Waals surface area (Å²) >= 11 is 0.735. The SMILES string of the molecule is CCOC(=O)c1ccc(-c2ccc(/C=C3\SC(=O)N([C@@H](C)C(=O)OCC)C3=O)o2)cc1. The molecule has 1 aliphatic rings. The van der Waals surface area contributed by atoms with E-state index in [1.807, 2.05) is 0 Å². The van der Waals surface area contributed by atoms with Gasteiger partial charge in [0.05, 0.1) is 23.7 Å². The van der Waals surface area contributed by atoms with Crippen molar-refractivity contribution < 1.29 is 33.1 Å². The molecule has 2 aromatic rings. The maximum Gasteiger partial charge on any atom is 0.338 e. The zero-order valence-corrected chi connectivity index (χ0v) is 18.1. The van der Waals surface area contributed by atoms with Crippen molar-refractivity contribution in [1.29, 1.82) is 0 Å². The third-order valence-electron chi connectivity index (χ3n) is 4.42. The smallest absolute Gasteiger partial charge is 0.338 e. The minimum Gasteiger partial charge on any atom is -0.464 e. The minimum absolute atomic E-state index is 0.153. The molecule has 1 aromatic heterocycles. The van der Waals surface area contributed by atoms with Crippen LogP contribution >= 0.6 is 11.8 Å². The standard InChI is InChI=1S/C22H21NO7S/c1-4-28-20(25)13(3)23-19(24)18(31-22(23)27)12-16-10-11-17(30-16)14-6-8-15(9-7-14)21(26)29-5-2/h6-13H,4-5H2,1-3H3/b18-12-/t13-/m0/s1. The summed E-state index contributed by atoms with van der Waals surface area (Å²) in [5, 5.41) is -0.543. The van der Waals surface area contributed by atoms with Crippen molar-refractivity contribution in [3.05, 3.63) is 52.6 Å². The van der Waals surface area contributed by atoms with Gasteiger partial charge in [0.1, 0.15) is 17.6 Å². The van der Waals surface area contributed by atoms with Gasteiger partial charge in [0.25, 0.3) is 11.1 Å². The summed E-state index contributed by atoms with van der Waals surface area (Å²) < 4.78 is 15.6. The lowest BCUT2D eigenvalue weighted by Crippen LogP contribution is -2.42. The van der Waals surface area contributed by atoms with Gasteiger partial charge in [-0.2, -0.15) is 0 Å². The largest absolute Gasteiger partial charge is 0.464 e. The Morgan fingerprint density at radius 1 is 1.06 bits per heavy atom. The van der Waals surface area contributed by atoms with Crippen LogP contribution in [0, 0.1) is 0 Å². The number of hydrogen-bond acceptors (Lipinski definition) is 8. The Kier molecular flexibility index (Phi) is 6.96. The number of esters is 2. The first-order chi connectivity index (χ1) is 14.8. The van der Waals surface area contributed by atoms with Crippen LogP contribution in [-0.4, -0.2) is 47.2 Å². The van der Waals surface area contributed by atoms with E-state index in [1.54, 1.807) is 50.2 Å². The van der Waals surface area contributed by atoms with Crippen LogP contribution in [0.25, 0.3) is 17.4 Å². The summed E-state index contributed by atoms with van der Waals surface area (Å²) in [6, 6.07) is 9.10. The molecular weight excluding hydrogens is 422 g/mol. The highest BCUT2D eigenvalue weighted by Gasteiger charge is 2.41. The molecule has 0 unspecified atom stereocenters. The van der Waals surface area contributed by atoms with E-state index >= 15 is 0 Å². The van der Waals surface area contributed by atoms with Gasteiger partial charge in [-0.3, -0.25) is 14.5 Å². The van der Waals surface area contributed by atoms with E-state index in [2.05, 4.69) is 0 Å². The number of carbonyl (C=O) groups excluding carboxylic acids is 4. The lowest BCUT2D eigenvalue weighted by atomic mass is 10.1. The third kappa shape index (κ3) is 4.88. The zero-order chi connectivity index (χ0) is 22.5. The summed E-state index contributed by atoms with van der Waals surface area (Å²) in [4.78, 5) is 49.6. The number of rotatable bonds is 7. The maximum atomic E-state index is 12.6. The number of amides is 2. The molecule has 2 heterocycles. The average Bonchev–Trinajstić information content (AvgIpc) is 3.32. The number of ether oxygens (including phenoxy) is 2. The van der Waals surface area contributed by atoms with Crippen molar-refractivity contribution in [2.45, 2.75) is 26.8 Å². The highest BCUT2D eigenvalue weighted by molar-refractivity contribution is 8.18. The summed E-state index contributed by atoms with van der Waals surface area (Å²) in [6.45, 7) is 5.29. The molecule has 1 atom stereocenters. The van der Waals surface area contributed by atoms with E-state index in [0.29, 0.717) is 23.7 Å². The van der Waals surface area contributed by atoms with E-state index in [-0.39, 0.29) is 11.5 Å². The lowest BCUT2D eigenvalue weighted by Gasteiger charge is -2.19. The normalized spacial score (nSPS) is 16.0. The first-order valence-corrected chi connectivity index (χ1v) is 10.5. The number of benzene rings is 1. The van der Waals surface area contributed by atoms with Crippen LogP contribution < -0.4 is 0 Å². The molecule has 0 bridgehead atoms. The van der Waals surface area contributed by atoms with Crippen molar-refractivity contribution in [2.24, 2.45) is 0 Å². The van der Waals surface area contributed by atoms with Gasteiger partial charge in [-0.15, -0.1) is 0 Å². The first-order valence-electron chi connectivity index (χ1n) is 9.66. The molecule has 1 aromatic carbocycles. The number of nitrogens with zero attached hydrogens (tertiary/aromatic N) is 1. The van der Waals surface area contributed by atoms with Crippen LogP contribution in [-0.2, 0) is 19.1 Å². The van der Waals surface area contributed by atoms with Gasteiger partial charge in [-0.1, -0.05) is 12.1 Å². The molecule has 0 saturated carbocycles. The van der Waals surface area contributed by atoms with Crippen LogP contribution in [0.2, 0.25) is 0 Å². The van der Waals surface area contributed by atoms with Gasteiger partial charge in [0.2, 0.25) is 0 Å². The Morgan fingerprint density at radius 2 is 1.74 bits per heavy atom. The molecule has 0 N–H and O–H groups in total. The molecule has 1 saturated heterocycles. The Hall–Kier alpha value is -3.33. The second-order valence-corrected chi connectivity index (χ2v) is 7.47. The lowest BCUT2D eigenvalue weighted by molar-refractivity contribution is -0.150. The summed E-state index contributed by atoms with van der Waals surface area (Å²) in [5.41, 5.74) is 1.17. The summed E-state index contributed by atoms with van der Waals surface area (Å²) in [6.07, 6.45) is 1.46. The minimum atomic E-state index is -1.01. The van der Waals surface area contributed by atoms with Gasteiger partial charge < -0.3 is 13.9 Å². The Labute approximate surface area is 183 Å². The van der Waals surface area contributed by atoms with Gasteiger partial charge in [-0.05, 0) is 56.8 Å². The van der Waals surface area contributed by atoms with E-state index < -0.39 is 29.1 Å². The molecule has 0 spiro atoms. The fraction of sp³-hybridized carbons (Fsp3) is 0.273. The molecular formula is C22H21NO7S. The Morgan fingerprint density at radius 3 is 2.39 bits per heavy atom. The molecule has 9 heteroatoms. The molecule has 31 heavy (non-hydrogen) atoms. The monoisotopic (exact) mass is 443 g/mol.